The summed E-state index contributed by atoms with van der Waals surface area (Å²) in [5.74, 6) is 4.31. The highest BCUT2D eigenvalue weighted by atomic mass is 32.2. The van der Waals surface area contributed by atoms with E-state index in [4.69, 9.17) is 28.4 Å². The quantitative estimate of drug-likeness (QED) is 0.0630. The Labute approximate surface area is 351 Å². The molecule has 0 unspecified atom stereocenters. The van der Waals surface area contributed by atoms with E-state index < -0.39 is 10.1 Å². The van der Waals surface area contributed by atoms with E-state index in [9.17, 15) is 13.0 Å². The number of benzene rings is 7. The summed E-state index contributed by atoms with van der Waals surface area (Å²) in [5.41, 5.74) is 8.61. The molecule has 7 rings (SSSR count). The van der Waals surface area contributed by atoms with E-state index >= 15 is 0 Å². The first-order valence-electron chi connectivity index (χ1n) is 19.6. The molecular weight excluding hydrogens is 777 g/mol. The molecule has 9 nitrogen and oxygen atoms in total. The Balaban J connectivity index is 1.02. The van der Waals surface area contributed by atoms with Crippen molar-refractivity contribution in [3.63, 3.8) is 0 Å². The van der Waals surface area contributed by atoms with Crippen LogP contribution in [0, 0.1) is 13.8 Å². The molecule has 0 spiro atoms. The lowest BCUT2D eigenvalue weighted by Crippen LogP contribution is -2.09. The van der Waals surface area contributed by atoms with Gasteiger partial charge < -0.3 is 28.4 Å². The summed E-state index contributed by atoms with van der Waals surface area (Å²) in [6.07, 6.45) is 0. The van der Waals surface area contributed by atoms with Crippen molar-refractivity contribution in [2.45, 2.75) is 18.7 Å². The Hall–Kier alpha value is -6.75. The van der Waals surface area contributed by atoms with Gasteiger partial charge in [0.1, 0.15) is 74.1 Å². The third-order valence-corrected chi connectivity index (χ3v) is 10.4. The molecule has 0 amide bonds. The monoisotopic (exact) mass is 822 g/mol. The van der Waals surface area contributed by atoms with Crippen LogP contribution in [0.3, 0.4) is 0 Å². The van der Waals surface area contributed by atoms with E-state index in [1.54, 1.807) is 0 Å². The molecule has 0 fully saturated rings. The highest BCUT2D eigenvalue weighted by Gasteiger charge is 2.11. The van der Waals surface area contributed by atoms with Crippen molar-refractivity contribution in [2.75, 3.05) is 39.6 Å². The predicted molar refractivity (Wildman–Crippen MR) is 234 cm³/mol. The van der Waals surface area contributed by atoms with Crippen molar-refractivity contribution < 1.29 is 41.4 Å². The van der Waals surface area contributed by atoms with Crippen molar-refractivity contribution >= 4 is 10.1 Å². The van der Waals surface area contributed by atoms with Crippen LogP contribution < -0.4 is 28.4 Å². The van der Waals surface area contributed by atoms with Gasteiger partial charge in [0, 0.05) is 0 Å². The standard InChI is InChI=1S/C50H46O9S/c1-36-3-13-44(14-4-36)54-27-29-56-46-17-7-38(8-18-46)41-33-42(39-9-19-47(20-10-39)57-30-28-55-45-15-5-37(2)6-16-45)35-43(34-41)40-11-21-48(22-12-40)58-31-32-59-49-23-25-50(26-24-49)60(51,52)53/h3-26,33-35H,27-32H2,1-2H3,(H,51,52,53). The molecule has 0 aliphatic heterocycles. The summed E-state index contributed by atoms with van der Waals surface area (Å²) < 4.78 is 67.0. The van der Waals surface area contributed by atoms with Gasteiger partial charge in [-0.15, -0.1) is 0 Å². The second kappa shape index (κ2) is 19.8. The summed E-state index contributed by atoms with van der Waals surface area (Å²) >= 11 is 0. The molecule has 1 N–H and O–H groups in total. The summed E-state index contributed by atoms with van der Waals surface area (Å²) in [4.78, 5) is -0.192. The van der Waals surface area contributed by atoms with Crippen LogP contribution in [0.2, 0.25) is 0 Å². The minimum Gasteiger partial charge on any atom is -0.490 e. The molecule has 0 radical (unpaired) electrons. The van der Waals surface area contributed by atoms with Gasteiger partial charge in [-0.2, -0.15) is 8.42 Å². The van der Waals surface area contributed by atoms with E-state index in [1.165, 1.54) is 35.4 Å². The van der Waals surface area contributed by atoms with Gasteiger partial charge >= 0.3 is 0 Å². The minimum absolute atomic E-state index is 0.192. The van der Waals surface area contributed by atoms with Gasteiger partial charge in [0.05, 0.1) is 4.90 Å². The topological polar surface area (TPSA) is 110 Å². The van der Waals surface area contributed by atoms with Crippen LogP contribution in [0.25, 0.3) is 33.4 Å². The van der Waals surface area contributed by atoms with Gasteiger partial charge in [-0.05, 0) is 150 Å². The Morgan fingerprint density at radius 2 is 0.550 bits per heavy atom. The van der Waals surface area contributed by atoms with E-state index in [2.05, 4.69) is 42.5 Å². The molecule has 306 valence electrons. The highest BCUT2D eigenvalue weighted by molar-refractivity contribution is 7.85. The second-order valence-electron chi connectivity index (χ2n) is 14.0. The van der Waals surface area contributed by atoms with Crippen LogP contribution in [0.15, 0.2) is 169 Å². The Morgan fingerprint density at radius 3 is 0.783 bits per heavy atom. The molecule has 10 heteroatoms. The maximum Gasteiger partial charge on any atom is 0.294 e. The number of hydrogen-bond acceptors (Lipinski definition) is 8. The minimum atomic E-state index is -4.26. The van der Waals surface area contributed by atoms with E-state index in [-0.39, 0.29) is 18.1 Å². The third kappa shape index (κ3) is 11.9. The average Bonchev–Trinajstić information content (AvgIpc) is 3.27. The lowest BCUT2D eigenvalue weighted by atomic mass is 9.93. The van der Waals surface area contributed by atoms with Crippen LogP contribution in [-0.2, 0) is 10.1 Å². The molecule has 7 aromatic carbocycles. The molecule has 7 aromatic rings. The fourth-order valence-electron chi connectivity index (χ4n) is 6.29. The maximum atomic E-state index is 11.3. The molecule has 0 aliphatic carbocycles. The van der Waals surface area contributed by atoms with E-state index in [0.29, 0.717) is 37.9 Å². The van der Waals surface area contributed by atoms with E-state index in [0.717, 1.165) is 56.4 Å². The predicted octanol–water partition coefficient (Wildman–Crippen LogP) is 10.9. The zero-order valence-corrected chi connectivity index (χ0v) is 34.3. The first-order valence-corrected chi connectivity index (χ1v) is 21.0. The lowest BCUT2D eigenvalue weighted by molar-refractivity contribution is 0.217. The molecule has 0 bridgehead atoms. The highest BCUT2D eigenvalue weighted by Crippen LogP contribution is 2.35. The fraction of sp³-hybridized carbons (Fsp3) is 0.160. The van der Waals surface area contributed by atoms with Gasteiger partial charge in [-0.1, -0.05) is 71.8 Å². The molecular formula is C50H46O9S. The van der Waals surface area contributed by atoms with Crippen LogP contribution >= 0.6 is 0 Å². The van der Waals surface area contributed by atoms with Crippen molar-refractivity contribution in [1.29, 1.82) is 0 Å². The van der Waals surface area contributed by atoms with Gasteiger partial charge in [0.2, 0.25) is 0 Å². The molecule has 0 saturated carbocycles. The average molecular weight is 823 g/mol. The zero-order chi connectivity index (χ0) is 41.7. The van der Waals surface area contributed by atoms with Crippen LogP contribution in [0.1, 0.15) is 11.1 Å². The summed E-state index contributed by atoms with van der Waals surface area (Å²) in [6.45, 7) is 6.34. The Morgan fingerprint density at radius 1 is 0.333 bits per heavy atom. The van der Waals surface area contributed by atoms with Crippen molar-refractivity contribution in [2.24, 2.45) is 0 Å². The first-order chi connectivity index (χ1) is 29.1. The summed E-state index contributed by atoms with van der Waals surface area (Å²) in [7, 11) is -4.26. The number of aryl methyl sites for hydroxylation is 2. The molecule has 60 heavy (non-hydrogen) atoms. The molecule has 0 aromatic heterocycles. The third-order valence-electron chi connectivity index (χ3n) is 9.52. The summed E-state index contributed by atoms with van der Waals surface area (Å²) in [6, 6.07) is 52.1. The van der Waals surface area contributed by atoms with Gasteiger partial charge in [-0.25, -0.2) is 0 Å². The molecule has 0 heterocycles. The fourth-order valence-corrected chi connectivity index (χ4v) is 6.77. The molecule has 0 saturated heterocycles. The Bertz CT molecular complexity index is 2420. The number of hydrogen-bond donors (Lipinski definition) is 1. The van der Waals surface area contributed by atoms with Gasteiger partial charge in [0.15, 0.2) is 0 Å². The van der Waals surface area contributed by atoms with Crippen molar-refractivity contribution in [1.82, 2.24) is 0 Å². The van der Waals surface area contributed by atoms with Crippen LogP contribution in [0.5, 0.6) is 34.5 Å². The zero-order valence-electron chi connectivity index (χ0n) is 33.5. The van der Waals surface area contributed by atoms with E-state index in [1.807, 2.05) is 111 Å². The number of ether oxygens (including phenoxy) is 6. The first kappa shape index (κ1) is 41.4. The van der Waals surface area contributed by atoms with Gasteiger partial charge in [-0.3, -0.25) is 4.55 Å². The second-order valence-corrected chi connectivity index (χ2v) is 15.5. The largest absolute Gasteiger partial charge is 0.490 e. The maximum absolute atomic E-state index is 11.3. The number of rotatable bonds is 19. The van der Waals surface area contributed by atoms with Gasteiger partial charge in [0.25, 0.3) is 10.1 Å². The van der Waals surface area contributed by atoms with Crippen molar-refractivity contribution in [3.05, 3.63) is 175 Å². The molecule has 0 atom stereocenters. The lowest BCUT2D eigenvalue weighted by Gasteiger charge is -2.14. The smallest absolute Gasteiger partial charge is 0.294 e. The summed E-state index contributed by atoms with van der Waals surface area (Å²) in [5, 5.41) is 0. The Kier molecular flexibility index (Phi) is 13.7. The van der Waals surface area contributed by atoms with Crippen LogP contribution in [0.4, 0.5) is 0 Å². The van der Waals surface area contributed by atoms with Crippen LogP contribution in [-0.4, -0.2) is 52.6 Å². The van der Waals surface area contributed by atoms with Crippen molar-refractivity contribution in [3.8, 4) is 67.9 Å². The molecule has 0 aliphatic rings. The normalized spacial score (nSPS) is 11.1. The SMILES string of the molecule is Cc1ccc(OCCOc2ccc(-c3cc(-c4ccc(OCCOc5ccc(C)cc5)cc4)cc(-c4ccc(OCCOc5ccc(S(=O)(=O)O)cc5)cc4)c3)cc2)cc1.